The van der Waals surface area contributed by atoms with E-state index in [0.717, 1.165) is 18.2 Å². The van der Waals surface area contributed by atoms with Crippen molar-refractivity contribution in [2.45, 2.75) is 19.4 Å². The molecule has 0 spiro atoms. The summed E-state index contributed by atoms with van der Waals surface area (Å²) in [5.74, 6) is 0.838. The molecule has 0 radical (unpaired) electrons. The van der Waals surface area contributed by atoms with Crippen LogP contribution in [0.15, 0.2) is 0 Å². The zero-order chi connectivity index (χ0) is 11.4. The van der Waals surface area contributed by atoms with E-state index < -0.39 is 8.80 Å². The maximum atomic E-state index is 7.57. The Morgan fingerprint density at radius 2 is 1.50 bits per heavy atom. The number of rotatable bonds is 6. The molecular weight excluding hydrogens is 220 g/mol. The van der Waals surface area contributed by atoms with E-state index >= 15 is 0 Å². The molecule has 0 saturated heterocycles. The molecule has 88 valence electrons. The van der Waals surface area contributed by atoms with Gasteiger partial charge in [-0.05, 0) is 19.1 Å². The lowest BCUT2D eigenvalue weighted by Gasteiger charge is -2.23. The first kappa shape index (κ1) is 16.8. The van der Waals surface area contributed by atoms with E-state index in [4.69, 9.17) is 18.4 Å². The van der Waals surface area contributed by atoms with Gasteiger partial charge in [-0.1, -0.05) is 0 Å². The molecule has 0 aliphatic heterocycles. The fourth-order valence-corrected chi connectivity index (χ4v) is 3.03. The summed E-state index contributed by atoms with van der Waals surface area (Å²) in [6, 6.07) is 0.833. The Bertz CT molecular complexity index is 103. The average molecular weight is 242 g/mol. The van der Waals surface area contributed by atoms with Crippen molar-refractivity contribution in [3.63, 3.8) is 0 Å². The van der Waals surface area contributed by atoms with Gasteiger partial charge in [-0.2, -0.15) is 12.6 Å². The predicted molar refractivity (Wildman–Crippen MR) is 62.8 cm³/mol. The molecule has 4 nitrogen and oxygen atoms in total. The summed E-state index contributed by atoms with van der Waals surface area (Å²) in [7, 11) is 2.58. The van der Waals surface area contributed by atoms with Crippen molar-refractivity contribution >= 4 is 21.4 Å². The number of hydrogen-bond acceptors (Lipinski definition) is 5. The summed E-state index contributed by atoms with van der Waals surface area (Å²) < 4.78 is 15.6. The lowest BCUT2D eigenvalue weighted by molar-refractivity contribution is 0.123. The Hall–Kier alpha value is 0.407. The molecule has 0 atom stereocenters. The Kier molecular flexibility index (Phi) is 13.8. The molecule has 0 bridgehead atoms. The third-order valence-corrected chi connectivity index (χ3v) is 4.72. The largest absolute Gasteiger partial charge is 0.500 e. The van der Waals surface area contributed by atoms with Crippen LogP contribution in [-0.4, -0.2) is 47.6 Å². The van der Waals surface area contributed by atoms with Crippen molar-refractivity contribution in [1.82, 2.24) is 0 Å². The Morgan fingerprint density at radius 3 is 1.71 bits per heavy atom. The van der Waals surface area contributed by atoms with Gasteiger partial charge in [0.25, 0.3) is 0 Å². The third-order valence-electron chi connectivity index (χ3n) is 1.57. The van der Waals surface area contributed by atoms with E-state index in [1.54, 1.807) is 28.3 Å². The topological polar surface area (TPSA) is 47.9 Å². The lowest BCUT2D eigenvalue weighted by Crippen LogP contribution is -2.42. The first-order valence-electron chi connectivity index (χ1n) is 4.53. The van der Waals surface area contributed by atoms with Crippen LogP contribution in [0.3, 0.4) is 0 Å². The zero-order valence-corrected chi connectivity index (χ0v) is 11.3. The quantitative estimate of drug-likeness (QED) is 0.542. The van der Waals surface area contributed by atoms with E-state index in [-0.39, 0.29) is 6.61 Å². The number of thiol groups is 1. The van der Waals surface area contributed by atoms with Crippen LogP contribution in [0, 0.1) is 0 Å². The summed E-state index contributed by atoms with van der Waals surface area (Å²) >= 11 is 4.10. The van der Waals surface area contributed by atoms with Crippen molar-refractivity contribution in [3.05, 3.63) is 0 Å². The van der Waals surface area contributed by atoms with Crippen molar-refractivity contribution in [2.24, 2.45) is 0 Å². The first-order valence-corrected chi connectivity index (χ1v) is 7.09. The van der Waals surface area contributed by atoms with E-state index in [2.05, 4.69) is 12.6 Å². The second kappa shape index (κ2) is 11.5. The molecular formula is C8H22O4SSi. The van der Waals surface area contributed by atoms with Gasteiger partial charge in [-0.3, -0.25) is 0 Å². The summed E-state index contributed by atoms with van der Waals surface area (Å²) in [4.78, 5) is 0. The van der Waals surface area contributed by atoms with Crippen LogP contribution in [0.25, 0.3) is 0 Å². The Morgan fingerprint density at radius 1 is 1.14 bits per heavy atom. The van der Waals surface area contributed by atoms with Crippen LogP contribution in [0.4, 0.5) is 0 Å². The second-order valence-electron chi connectivity index (χ2n) is 2.44. The van der Waals surface area contributed by atoms with E-state index in [9.17, 15) is 0 Å². The summed E-state index contributed by atoms with van der Waals surface area (Å²) in [5.41, 5.74) is 0. The normalized spacial score (nSPS) is 10.7. The minimum atomic E-state index is -2.29. The number of aliphatic hydroxyl groups excluding tert-OH is 1. The monoisotopic (exact) mass is 242 g/mol. The van der Waals surface area contributed by atoms with Crippen LogP contribution in [0.1, 0.15) is 13.3 Å². The van der Waals surface area contributed by atoms with Gasteiger partial charge in [-0.15, -0.1) is 0 Å². The van der Waals surface area contributed by atoms with Gasteiger partial charge in [0.2, 0.25) is 0 Å². The molecule has 0 aromatic rings. The van der Waals surface area contributed by atoms with Gasteiger partial charge in [0.05, 0.1) is 0 Å². The van der Waals surface area contributed by atoms with Crippen LogP contribution in [-0.2, 0) is 13.3 Å². The van der Waals surface area contributed by atoms with Gasteiger partial charge in [0.15, 0.2) is 0 Å². The number of aliphatic hydroxyl groups is 1. The highest BCUT2D eigenvalue weighted by Crippen LogP contribution is 2.14. The van der Waals surface area contributed by atoms with Crippen LogP contribution >= 0.6 is 12.6 Å². The SMILES string of the molecule is CCO.CO[Si](CCCS)(OC)OC. The maximum Gasteiger partial charge on any atom is 0.500 e. The molecule has 0 amide bonds. The lowest BCUT2D eigenvalue weighted by atomic mass is 10.6. The Labute approximate surface area is 93.3 Å². The molecule has 0 aromatic carbocycles. The molecule has 0 aromatic heterocycles. The molecule has 6 heteroatoms. The highest BCUT2D eigenvalue weighted by Gasteiger charge is 2.36. The molecule has 0 heterocycles. The van der Waals surface area contributed by atoms with Crippen LogP contribution < -0.4 is 0 Å². The van der Waals surface area contributed by atoms with Gasteiger partial charge < -0.3 is 18.4 Å². The molecule has 0 saturated carbocycles. The van der Waals surface area contributed by atoms with Gasteiger partial charge in [-0.25, -0.2) is 0 Å². The molecule has 0 aliphatic rings. The summed E-state index contributed by atoms with van der Waals surface area (Å²) in [6.07, 6.45) is 0.963. The molecule has 0 unspecified atom stereocenters. The zero-order valence-electron chi connectivity index (χ0n) is 9.45. The molecule has 0 fully saturated rings. The highest BCUT2D eigenvalue weighted by atomic mass is 32.1. The van der Waals surface area contributed by atoms with E-state index in [1.807, 2.05) is 0 Å². The van der Waals surface area contributed by atoms with Crippen molar-refractivity contribution in [3.8, 4) is 0 Å². The average Bonchev–Trinajstić information content (AvgIpc) is 2.22. The van der Waals surface area contributed by atoms with Crippen molar-refractivity contribution in [2.75, 3.05) is 33.7 Å². The van der Waals surface area contributed by atoms with Crippen LogP contribution in [0.5, 0.6) is 0 Å². The van der Waals surface area contributed by atoms with Crippen LogP contribution in [0.2, 0.25) is 6.04 Å². The summed E-state index contributed by atoms with van der Waals surface area (Å²) in [5, 5.41) is 7.57. The minimum Gasteiger partial charge on any atom is -0.397 e. The number of hydrogen-bond donors (Lipinski definition) is 2. The molecule has 14 heavy (non-hydrogen) atoms. The van der Waals surface area contributed by atoms with Gasteiger partial charge in [0.1, 0.15) is 0 Å². The van der Waals surface area contributed by atoms with E-state index in [1.165, 1.54) is 0 Å². The second-order valence-corrected chi connectivity index (χ2v) is 5.98. The maximum absolute atomic E-state index is 7.57. The summed E-state index contributed by atoms with van der Waals surface area (Å²) in [6.45, 7) is 1.93. The van der Waals surface area contributed by atoms with Gasteiger partial charge in [0, 0.05) is 34.0 Å². The van der Waals surface area contributed by atoms with Gasteiger partial charge >= 0.3 is 8.80 Å². The fraction of sp³-hybridized carbons (Fsp3) is 1.00. The predicted octanol–water partition coefficient (Wildman–Crippen LogP) is 1.18. The van der Waals surface area contributed by atoms with Crippen molar-refractivity contribution < 1.29 is 18.4 Å². The molecule has 0 aliphatic carbocycles. The molecule has 1 N–H and O–H groups in total. The first-order chi connectivity index (χ1) is 6.66. The minimum absolute atomic E-state index is 0.250. The van der Waals surface area contributed by atoms with Crippen molar-refractivity contribution in [1.29, 1.82) is 0 Å². The fourth-order valence-electron chi connectivity index (χ4n) is 0.852. The standard InChI is InChI=1S/C6H16O3SSi.C2H6O/c1-7-11(8-2,9-3)6-4-5-10;1-2-3/h10H,4-6H2,1-3H3;3H,2H2,1H3. The smallest absolute Gasteiger partial charge is 0.397 e. The molecule has 0 rings (SSSR count). The Balaban J connectivity index is 0. The highest BCUT2D eigenvalue weighted by molar-refractivity contribution is 7.80. The third kappa shape index (κ3) is 7.78. The van der Waals surface area contributed by atoms with E-state index in [0.29, 0.717) is 0 Å².